The van der Waals surface area contributed by atoms with Gasteiger partial charge in [-0.3, -0.25) is 0 Å². The highest BCUT2D eigenvalue weighted by Gasteiger charge is 2.41. The van der Waals surface area contributed by atoms with Gasteiger partial charge in [0.15, 0.2) is 0 Å². The van der Waals surface area contributed by atoms with E-state index in [4.69, 9.17) is 9.69 Å². The van der Waals surface area contributed by atoms with E-state index >= 15 is 0 Å². The van der Waals surface area contributed by atoms with Crippen molar-refractivity contribution < 1.29 is 19.7 Å². The predicted octanol–water partition coefficient (Wildman–Crippen LogP) is 6.40. The minimum Gasteiger partial charge on any atom is -0.400 e. The van der Waals surface area contributed by atoms with Crippen LogP contribution in [0, 0.1) is 0 Å². The maximum atomic E-state index is 9.48. The SMILES string of the molecule is OB(O)OOCC(c1cccc2ccccc12)(c1cccc2ccccc12)c1cccc2ccccc12. The molecule has 180 valence electrons. The first-order valence-electron chi connectivity index (χ1n) is 12.3. The number of fused-ring (bicyclic) bond motifs is 3. The van der Waals surface area contributed by atoms with Crippen LogP contribution in [0.2, 0.25) is 0 Å². The molecule has 2 N–H and O–H groups in total. The molecule has 6 rings (SSSR count). The number of benzene rings is 6. The number of hydrogen-bond acceptors (Lipinski definition) is 4. The van der Waals surface area contributed by atoms with Crippen molar-refractivity contribution in [3.63, 3.8) is 0 Å². The van der Waals surface area contributed by atoms with Gasteiger partial charge in [0, 0.05) is 0 Å². The molecule has 0 unspecified atom stereocenters. The Morgan fingerprint density at radius 1 is 0.486 bits per heavy atom. The Morgan fingerprint density at radius 2 is 0.838 bits per heavy atom. The van der Waals surface area contributed by atoms with Crippen molar-refractivity contribution in [3.05, 3.63) is 144 Å². The summed E-state index contributed by atoms with van der Waals surface area (Å²) in [6, 6.07) is 43.8. The highest BCUT2D eigenvalue weighted by atomic mass is 17.2. The first-order chi connectivity index (χ1) is 18.2. The van der Waals surface area contributed by atoms with Gasteiger partial charge in [-0.25, -0.2) is 9.69 Å². The maximum absolute atomic E-state index is 9.48. The summed E-state index contributed by atoms with van der Waals surface area (Å²) < 4.78 is 0. The lowest BCUT2D eigenvalue weighted by Gasteiger charge is -2.37. The van der Waals surface area contributed by atoms with Crippen LogP contribution in [0.3, 0.4) is 0 Å². The summed E-state index contributed by atoms with van der Waals surface area (Å²) in [6.07, 6.45) is 0. The zero-order valence-corrected chi connectivity index (χ0v) is 20.1. The maximum Gasteiger partial charge on any atom is 0.662 e. The van der Waals surface area contributed by atoms with Gasteiger partial charge in [-0.1, -0.05) is 127 Å². The second-order valence-corrected chi connectivity index (χ2v) is 9.17. The van der Waals surface area contributed by atoms with Crippen LogP contribution in [-0.2, 0) is 15.1 Å². The van der Waals surface area contributed by atoms with E-state index in [1.165, 1.54) is 0 Å². The minimum atomic E-state index is -2.05. The van der Waals surface area contributed by atoms with Crippen LogP contribution in [0.1, 0.15) is 16.7 Å². The highest BCUT2D eigenvalue weighted by molar-refractivity contribution is 6.32. The highest BCUT2D eigenvalue weighted by Crippen LogP contribution is 2.47. The molecule has 0 aliphatic rings. The Hall–Kier alpha value is -4.00. The lowest BCUT2D eigenvalue weighted by Crippen LogP contribution is -2.37. The van der Waals surface area contributed by atoms with Gasteiger partial charge in [0.2, 0.25) is 0 Å². The van der Waals surface area contributed by atoms with Gasteiger partial charge in [0.25, 0.3) is 0 Å². The van der Waals surface area contributed by atoms with Crippen molar-refractivity contribution in [2.45, 2.75) is 5.41 Å². The fraction of sp³-hybridized carbons (Fsp3) is 0.0625. The molecule has 0 heterocycles. The topological polar surface area (TPSA) is 58.9 Å². The Balaban J connectivity index is 1.79. The normalized spacial score (nSPS) is 11.8. The van der Waals surface area contributed by atoms with Gasteiger partial charge < -0.3 is 10.0 Å². The predicted molar refractivity (Wildman–Crippen MR) is 149 cm³/mol. The van der Waals surface area contributed by atoms with E-state index in [1.807, 2.05) is 36.4 Å². The lowest BCUT2D eigenvalue weighted by atomic mass is 9.66. The molecular formula is C32H25BO4. The van der Waals surface area contributed by atoms with E-state index < -0.39 is 12.7 Å². The molecule has 6 aromatic carbocycles. The van der Waals surface area contributed by atoms with Crippen molar-refractivity contribution in [1.82, 2.24) is 0 Å². The Morgan fingerprint density at radius 3 is 1.22 bits per heavy atom. The van der Waals surface area contributed by atoms with Crippen molar-refractivity contribution >= 4 is 39.6 Å². The lowest BCUT2D eigenvalue weighted by molar-refractivity contribution is -0.241. The van der Waals surface area contributed by atoms with E-state index in [0.29, 0.717) is 0 Å². The summed E-state index contributed by atoms with van der Waals surface area (Å²) >= 11 is 0. The van der Waals surface area contributed by atoms with Crippen LogP contribution in [0.4, 0.5) is 0 Å². The molecule has 0 spiro atoms. The molecular weight excluding hydrogens is 459 g/mol. The molecule has 6 aromatic rings. The third-order valence-corrected chi connectivity index (χ3v) is 7.18. The molecule has 0 saturated carbocycles. The quantitative estimate of drug-likeness (QED) is 0.119. The molecule has 0 atom stereocenters. The smallest absolute Gasteiger partial charge is 0.400 e. The molecule has 4 nitrogen and oxygen atoms in total. The molecule has 0 fully saturated rings. The molecule has 5 heteroatoms. The summed E-state index contributed by atoms with van der Waals surface area (Å²) in [5.74, 6) is 0. The van der Waals surface area contributed by atoms with Gasteiger partial charge in [0.05, 0.1) is 12.0 Å². The van der Waals surface area contributed by atoms with E-state index in [9.17, 15) is 10.0 Å². The largest absolute Gasteiger partial charge is 0.662 e. The average molecular weight is 484 g/mol. The van der Waals surface area contributed by atoms with Crippen molar-refractivity contribution in [2.75, 3.05) is 6.61 Å². The van der Waals surface area contributed by atoms with Crippen molar-refractivity contribution in [1.29, 1.82) is 0 Å². The third-order valence-electron chi connectivity index (χ3n) is 7.18. The molecule has 37 heavy (non-hydrogen) atoms. The van der Waals surface area contributed by atoms with E-state index in [0.717, 1.165) is 49.0 Å². The van der Waals surface area contributed by atoms with Crippen LogP contribution >= 0.6 is 0 Å². The average Bonchev–Trinajstić information content (AvgIpc) is 2.95. The van der Waals surface area contributed by atoms with Gasteiger partial charge in [0.1, 0.15) is 0 Å². The second kappa shape index (κ2) is 9.81. The van der Waals surface area contributed by atoms with Gasteiger partial charge in [-0.05, 0) is 49.0 Å². The standard InChI is InChI=1S/C32H25BO4/c34-33(35)37-36-22-32(29-19-7-13-23-10-1-4-16-26(23)29,30-20-8-14-24-11-2-5-17-27(24)30)31-21-9-15-25-12-3-6-18-28(25)31/h1-21,34-35H,22H2. The van der Waals surface area contributed by atoms with E-state index in [-0.39, 0.29) is 6.61 Å². The molecule has 0 saturated heterocycles. The summed E-state index contributed by atoms with van der Waals surface area (Å²) in [5, 5.41) is 25.5. The van der Waals surface area contributed by atoms with Crippen molar-refractivity contribution in [3.8, 4) is 0 Å². The van der Waals surface area contributed by atoms with Crippen LogP contribution in [-0.4, -0.2) is 24.0 Å². The Bertz CT molecular complexity index is 1510. The van der Waals surface area contributed by atoms with Gasteiger partial charge >= 0.3 is 7.32 Å². The van der Waals surface area contributed by atoms with Gasteiger partial charge in [-0.15, -0.1) is 0 Å². The monoisotopic (exact) mass is 484 g/mol. The minimum absolute atomic E-state index is 0.0145. The summed E-state index contributed by atoms with van der Waals surface area (Å²) in [4.78, 5) is 10.6. The first kappa shape index (κ1) is 23.4. The fourth-order valence-electron chi connectivity index (χ4n) is 5.64. The van der Waals surface area contributed by atoms with Crippen LogP contribution in [0.25, 0.3) is 32.3 Å². The molecule has 0 radical (unpaired) electrons. The first-order valence-corrected chi connectivity index (χ1v) is 12.3. The van der Waals surface area contributed by atoms with Crippen LogP contribution < -0.4 is 0 Å². The zero-order chi connectivity index (χ0) is 25.2. The fourth-order valence-corrected chi connectivity index (χ4v) is 5.64. The number of hydrogen-bond donors (Lipinski definition) is 2. The molecule has 0 bridgehead atoms. The number of rotatable bonds is 7. The van der Waals surface area contributed by atoms with Crippen LogP contribution in [0.15, 0.2) is 127 Å². The van der Waals surface area contributed by atoms with Gasteiger partial charge in [-0.2, -0.15) is 0 Å². The summed E-state index contributed by atoms with van der Waals surface area (Å²) in [7, 11) is -2.05. The third kappa shape index (κ3) is 4.08. The zero-order valence-electron chi connectivity index (χ0n) is 20.1. The van der Waals surface area contributed by atoms with Crippen LogP contribution in [0.5, 0.6) is 0 Å². The molecule has 0 amide bonds. The molecule has 0 aromatic heterocycles. The second-order valence-electron chi connectivity index (χ2n) is 9.17. The van der Waals surface area contributed by atoms with E-state index in [1.54, 1.807) is 0 Å². The van der Waals surface area contributed by atoms with Crippen molar-refractivity contribution in [2.24, 2.45) is 0 Å². The summed E-state index contributed by atoms with van der Waals surface area (Å²) in [5.41, 5.74) is 2.25. The Kier molecular flexibility index (Phi) is 6.21. The Labute approximate surface area is 215 Å². The van der Waals surface area contributed by atoms with E-state index in [2.05, 4.69) is 91.0 Å². The molecule has 0 aliphatic heterocycles. The summed E-state index contributed by atoms with van der Waals surface area (Å²) in [6.45, 7) is 0.0145. The molecule has 0 aliphatic carbocycles.